The summed E-state index contributed by atoms with van der Waals surface area (Å²) in [6.07, 6.45) is 6.17. The third-order valence-corrected chi connectivity index (χ3v) is 4.93. The van der Waals surface area contributed by atoms with E-state index in [4.69, 9.17) is 17.2 Å². The van der Waals surface area contributed by atoms with Crippen LogP contribution in [0.1, 0.15) is 37.7 Å². The van der Waals surface area contributed by atoms with E-state index in [1.807, 2.05) is 6.07 Å². The molecular weight excluding hydrogens is 266 g/mol. The van der Waals surface area contributed by atoms with E-state index in [-0.39, 0.29) is 5.54 Å². The van der Waals surface area contributed by atoms with Crippen LogP contribution in [0.15, 0.2) is 35.3 Å². The average molecular weight is 287 g/mol. The number of likely N-dealkylation sites (N-methyl/N-ethyl adjacent to an activating group) is 1. The highest BCUT2D eigenvalue weighted by Gasteiger charge is 2.47. The zero-order valence-electron chi connectivity index (χ0n) is 11.9. The highest BCUT2D eigenvalue weighted by Crippen LogP contribution is 2.36. The van der Waals surface area contributed by atoms with Gasteiger partial charge in [-0.05, 0) is 30.6 Å². The summed E-state index contributed by atoms with van der Waals surface area (Å²) in [4.78, 5) is 7.08. The fourth-order valence-electron chi connectivity index (χ4n) is 3.30. The Morgan fingerprint density at radius 3 is 2.60 bits per heavy atom. The molecule has 2 fully saturated rings. The number of nitrogens with zero attached hydrogens (tertiary/aromatic N) is 2. The van der Waals surface area contributed by atoms with E-state index in [2.05, 4.69) is 41.5 Å². The summed E-state index contributed by atoms with van der Waals surface area (Å²) in [7, 11) is 2.10. The Morgan fingerprint density at radius 1 is 1.20 bits per heavy atom. The van der Waals surface area contributed by atoms with Crippen LogP contribution in [-0.4, -0.2) is 28.4 Å². The topological polar surface area (TPSA) is 27.6 Å². The number of rotatable bonds is 2. The van der Waals surface area contributed by atoms with E-state index < -0.39 is 0 Å². The van der Waals surface area contributed by atoms with E-state index in [0.29, 0.717) is 0 Å². The van der Waals surface area contributed by atoms with Gasteiger partial charge in [-0.25, -0.2) is 0 Å². The Labute approximate surface area is 126 Å². The van der Waals surface area contributed by atoms with Gasteiger partial charge in [0.2, 0.25) is 0 Å². The van der Waals surface area contributed by atoms with Crippen molar-refractivity contribution in [3.05, 3.63) is 35.9 Å². The number of hydrogen-bond donors (Lipinski definition) is 1. The van der Waals surface area contributed by atoms with Crippen LogP contribution >= 0.6 is 12.2 Å². The Morgan fingerprint density at radius 2 is 1.90 bits per heavy atom. The number of thiocarbonyl (C=S) groups is 1. The maximum Gasteiger partial charge on any atom is 0.174 e. The first kappa shape index (κ1) is 13.6. The van der Waals surface area contributed by atoms with Crippen molar-refractivity contribution >= 4 is 23.2 Å². The second-order valence-electron chi connectivity index (χ2n) is 5.73. The first-order valence-electron chi connectivity index (χ1n) is 7.36. The number of aliphatic imine (C=N–C) groups is 1. The number of amidine groups is 1. The van der Waals surface area contributed by atoms with E-state index in [1.165, 1.54) is 24.8 Å². The molecule has 1 saturated heterocycles. The van der Waals surface area contributed by atoms with E-state index in [1.54, 1.807) is 0 Å². The van der Waals surface area contributed by atoms with Gasteiger partial charge in [-0.3, -0.25) is 4.99 Å². The van der Waals surface area contributed by atoms with Gasteiger partial charge < -0.3 is 10.2 Å². The summed E-state index contributed by atoms with van der Waals surface area (Å²) < 4.78 is 0. The van der Waals surface area contributed by atoms with Crippen LogP contribution in [0, 0.1) is 0 Å². The predicted molar refractivity (Wildman–Crippen MR) is 86.9 cm³/mol. The minimum atomic E-state index is 0.0319. The SMILES string of the molecule is CN1C(=S)NC(=NCc2ccccc2)C12CCCCC2. The van der Waals surface area contributed by atoms with E-state index in [0.717, 1.165) is 30.3 Å². The second kappa shape index (κ2) is 5.52. The largest absolute Gasteiger partial charge is 0.339 e. The van der Waals surface area contributed by atoms with Crippen LogP contribution in [0.4, 0.5) is 0 Å². The molecule has 3 nitrogen and oxygen atoms in total. The van der Waals surface area contributed by atoms with Gasteiger partial charge in [0, 0.05) is 7.05 Å². The smallest absolute Gasteiger partial charge is 0.174 e. The summed E-state index contributed by atoms with van der Waals surface area (Å²) in [5, 5.41) is 4.16. The van der Waals surface area contributed by atoms with Gasteiger partial charge in [-0.2, -0.15) is 0 Å². The molecule has 1 spiro atoms. The Bertz CT molecular complexity index is 518. The third-order valence-electron chi connectivity index (χ3n) is 4.56. The molecule has 4 heteroatoms. The van der Waals surface area contributed by atoms with Crippen molar-refractivity contribution in [2.45, 2.75) is 44.2 Å². The molecule has 1 N–H and O–H groups in total. The molecule has 1 aromatic rings. The van der Waals surface area contributed by atoms with Crippen LogP contribution in [0.3, 0.4) is 0 Å². The number of hydrogen-bond acceptors (Lipinski definition) is 2. The summed E-state index contributed by atoms with van der Waals surface area (Å²) in [5.41, 5.74) is 1.28. The molecule has 0 unspecified atom stereocenters. The van der Waals surface area contributed by atoms with Crippen LogP contribution in [0.2, 0.25) is 0 Å². The van der Waals surface area contributed by atoms with Gasteiger partial charge >= 0.3 is 0 Å². The van der Waals surface area contributed by atoms with E-state index in [9.17, 15) is 0 Å². The van der Waals surface area contributed by atoms with Crippen LogP contribution in [0.5, 0.6) is 0 Å². The molecule has 0 aromatic heterocycles. The molecule has 0 bridgehead atoms. The lowest BCUT2D eigenvalue weighted by Gasteiger charge is -2.38. The van der Waals surface area contributed by atoms with Gasteiger partial charge in [0.1, 0.15) is 5.84 Å². The summed E-state index contributed by atoms with van der Waals surface area (Å²) >= 11 is 5.44. The van der Waals surface area contributed by atoms with Gasteiger partial charge in [0.15, 0.2) is 5.11 Å². The normalized spacial score (nSPS) is 23.4. The quantitative estimate of drug-likeness (QED) is 0.847. The van der Waals surface area contributed by atoms with Crippen LogP contribution in [0.25, 0.3) is 0 Å². The first-order valence-corrected chi connectivity index (χ1v) is 7.77. The average Bonchev–Trinajstić information content (AvgIpc) is 2.72. The van der Waals surface area contributed by atoms with Crippen molar-refractivity contribution in [3.63, 3.8) is 0 Å². The molecule has 3 rings (SSSR count). The molecule has 0 atom stereocenters. The fourth-order valence-corrected chi connectivity index (χ4v) is 3.58. The van der Waals surface area contributed by atoms with Gasteiger partial charge in [0.25, 0.3) is 0 Å². The molecule has 1 heterocycles. The third kappa shape index (κ3) is 2.33. The standard InChI is InChI=1S/C16H21N3S/c1-19-15(20)18-14(16(19)10-6-3-7-11-16)17-12-13-8-4-2-5-9-13/h2,4-5,8-9H,3,6-7,10-12H2,1H3,(H,17,18,20). The zero-order chi connectivity index (χ0) is 14.0. The van der Waals surface area contributed by atoms with Crippen molar-refractivity contribution in [3.8, 4) is 0 Å². The molecule has 0 amide bonds. The van der Waals surface area contributed by atoms with E-state index >= 15 is 0 Å². The summed E-state index contributed by atoms with van der Waals surface area (Å²) in [5.74, 6) is 1.08. The zero-order valence-corrected chi connectivity index (χ0v) is 12.7. The van der Waals surface area contributed by atoms with Gasteiger partial charge in [-0.15, -0.1) is 0 Å². The summed E-state index contributed by atoms with van der Waals surface area (Å²) in [6.45, 7) is 0.724. The molecule has 1 saturated carbocycles. The fraction of sp³-hybridized carbons (Fsp3) is 0.500. The lowest BCUT2D eigenvalue weighted by molar-refractivity contribution is 0.229. The highest BCUT2D eigenvalue weighted by molar-refractivity contribution is 7.80. The maximum atomic E-state index is 5.44. The molecule has 1 aliphatic carbocycles. The predicted octanol–water partition coefficient (Wildman–Crippen LogP) is 3.11. The Kier molecular flexibility index (Phi) is 3.74. The van der Waals surface area contributed by atoms with Gasteiger partial charge in [-0.1, -0.05) is 49.6 Å². The Balaban J connectivity index is 1.85. The van der Waals surface area contributed by atoms with Crippen LogP contribution in [-0.2, 0) is 6.54 Å². The van der Waals surface area contributed by atoms with Crippen LogP contribution < -0.4 is 5.32 Å². The molecule has 2 aliphatic rings. The highest BCUT2D eigenvalue weighted by atomic mass is 32.1. The number of nitrogens with one attached hydrogen (secondary N) is 1. The minimum absolute atomic E-state index is 0.0319. The van der Waals surface area contributed by atoms with Crippen molar-refractivity contribution in [2.24, 2.45) is 4.99 Å². The number of benzene rings is 1. The van der Waals surface area contributed by atoms with Crippen molar-refractivity contribution in [1.82, 2.24) is 10.2 Å². The Hall–Kier alpha value is -1.42. The van der Waals surface area contributed by atoms with Crippen molar-refractivity contribution in [1.29, 1.82) is 0 Å². The molecule has 0 radical (unpaired) electrons. The first-order chi connectivity index (χ1) is 9.72. The molecular formula is C16H21N3S. The van der Waals surface area contributed by atoms with Gasteiger partial charge in [0.05, 0.1) is 12.1 Å². The maximum absolute atomic E-state index is 5.44. The summed E-state index contributed by atoms with van der Waals surface area (Å²) in [6, 6.07) is 10.4. The molecule has 20 heavy (non-hydrogen) atoms. The lowest BCUT2D eigenvalue weighted by atomic mass is 9.80. The molecule has 1 aromatic carbocycles. The second-order valence-corrected chi connectivity index (χ2v) is 6.12. The monoisotopic (exact) mass is 287 g/mol. The van der Waals surface area contributed by atoms with Crippen molar-refractivity contribution in [2.75, 3.05) is 7.05 Å². The van der Waals surface area contributed by atoms with Crippen molar-refractivity contribution < 1.29 is 0 Å². The lowest BCUT2D eigenvalue weighted by Crippen LogP contribution is -2.49. The minimum Gasteiger partial charge on any atom is -0.339 e. The molecule has 106 valence electrons. The molecule has 1 aliphatic heterocycles.